The zero-order valence-electron chi connectivity index (χ0n) is 14.4. The number of aromatic nitrogens is 3. The lowest BCUT2D eigenvalue weighted by atomic mass is 9.97. The van der Waals surface area contributed by atoms with Gasteiger partial charge in [0, 0.05) is 41.9 Å². The summed E-state index contributed by atoms with van der Waals surface area (Å²) in [6.45, 7) is 0.707. The zero-order valence-corrected chi connectivity index (χ0v) is 14.4. The second kappa shape index (κ2) is 7.38. The number of hydroxylamine groups is 1. The number of amides is 1. The zero-order chi connectivity index (χ0) is 18.6. The molecular weight excluding hydrogens is 344 g/mol. The van der Waals surface area contributed by atoms with Crippen molar-refractivity contribution in [1.82, 2.24) is 20.4 Å². The highest BCUT2D eigenvalue weighted by Crippen LogP contribution is 2.25. The lowest BCUT2D eigenvalue weighted by Crippen LogP contribution is -2.35. The van der Waals surface area contributed by atoms with Crippen LogP contribution in [0.2, 0.25) is 0 Å². The molecule has 0 saturated heterocycles. The molecule has 0 saturated carbocycles. The smallest absolute Gasteiger partial charge is 0.274 e. The Morgan fingerprint density at radius 3 is 2.96 bits per heavy atom. The average molecular weight is 362 g/mol. The number of rotatable bonds is 4. The molecule has 8 nitrogen and oxygen atoms in total. The Balaban J connectivity index is 1.51. The van der Waals surface area contributed by atoms with E-state index in [-0.39, 0.29) is 6.04 Å². The highest BCUT2D eigenvalue weighted by atomic mass is 16.5. The molecule has 8 heteroatoms. The molecule has 0 fully saturated rings. The second-order valence-corrected chi connectivity index (χ2v) is 6.25. The summed E-state index contributed by atoms with van der Waals surface area (Å²) in [4.78, 5) is 24.6. The number of carbonyl (C=O) groups is 1. The van der Waals surface area contributed by atoms with E-state index >= 15 is 0 Å². The molecule has 1 aliphatic rings. The van der Waals surface area contributed by atoms with Crippen LogP contribution in [0.5, 0.6) is 0 Å². The highest BCUT2D eigenvalue weighted by Gasteiger charge is 2.20. The summed E-state index contributed by atoms with van der Waals surface area (Å²) in [6, 6.07) is 11.0. The van der Waals surface area contributed by atoms with Crippen molar-refractivity contribution in [2.45, 2.75) is 12.5 Å². The van der Waals surface area contributed by atoms with E-state index in [1.165, 1.54) is 0 Å². The van der Waals surface area contributed by atoms with E-state index in [1.54, 1.807) is 36.2 Å². The van der Waals surface area contributed by atoms with Crippen LogP contribution in [0.1, 0.15) is 15.9 Å². The quantitative estimate of drug-likeness (QED) is 0.415. The Morgan fingerprint density at radius 1 is 1.22 bits per heavy atom. The Labute approximate surface area is 155 Å². The first-order valence-electron chi connectivity index (χ1n) is 8.54. The van der Waals surface area contributed by atoms with E-state index in [4.69, 9.17) is 5.21 Å². The average Bonchev–Trinajstić information content (AvgIpc) is 2.73. The first-order valence-corrected chi connectivity index (χ1v) is 8.54. The number of anilines is 2. The van der Waals surface area contributed by atoms with Crippen LogP contribution in [-0.4, -0.2) is 38.7 Å². The molecular formula is C19H18N6O2. The SMILES string of the molecule is O=C(NO)c1ccc2c(c1)CC(Nc1nccc(-c3cccnc3)n1)CN2. The lowest BCUT2D eigenvalue weighted by Gasteiger charge is -2.27. The number of pyridine rings is 1. The third-order valence-corrected chi connectivity index (χ3v) is 4.42. The van der Waals surface area contributed by atoms with E-state index in [0.29, 0.717) is 24.5 Å². The fraction of sp³-hybridized carbons (Fsp3) is 0.158. The van der Waals surface area contributed by atoms with Crippen LogP contribution in [-0.2, 0) is 6.42 Å². The molecule has 4 rings (SSSR count). The molecule has 3 heterocycles. The number of benzene rings is 1. The van der Waals surface area contributed by atoms with Gasteiger partial charge in [-0.15, -0.1) is 0 Å². The topological polar surface area (TPSA) is 112 Å². The van der Waals surface area contributed by atoms with Gasteiger partial charge in [0.15, 0.2) is 0 Å². The minimum absolute atomic E-state index is 0.0640. The molecule has 1 amide bonds. The van der Waals surface area contributed by atoms with Gasteiger partial charge in [0.25, 0.3) is 5.91 Å². The summed E-state index contributed by atoms with van der Waals surface area (Å²) >= 11 is 0. The van der Waals surface area contributed by atoms with Crippen LogP contribution in [0.4, 0.5) is 11.6 Å². The predicted molar refractivity (Wildman–Crippen MR) is 101 cm³/mol. The molecule has 0 bridgehead atoms. The van der Waals surface area contributed by atoms with Gasteiger partial charge in [-0.1, -0.05) is 0 Å². The van der Waals surface area contributed by atoms with Crippen LogP contribution in [0, 0.1) is 0 Å². The minimum Gasteiger partial charge on any atom is -0.383 e. The van der Waals surface area contributed by atoms with Crippen molar-refractivity contribution in [3.05, 3.63) is 66.1 Å². The van der Waals surface area contributed by atoms with Crippen molar-refractivity contribution in [3.63, 3.8) is 0 Å². The van der Waals surface area contributed by atoms with Gasteiger partial charge in [0.1, 0.15) is 0 Å². The lowest BCUT2D eigenvalue weighted by molar-refractivity contribution is 0.0706. The van der Waals surface area contributed by atoms with Gasteiger partial charge >= 0.3 is 0 Å². The predicted octanol–water partition coefficient (Wildman–Crippen LogP) is 2.11. The maximum atomic E-state index is 11.6. The van der Waals surface area contributed by atoms with E-state index in [1.807, 2.05) is 24.3 Å². The van der Waals surface area contributed by atoms with E-state index in [9.17, 15) is 4.79 Å². The van der Waals surface area contributed by atoms with Crippen molar-refractivity contribution < 1.29 is 10.0 Å². The van der Waals surface area contributed by atoms with Crippen LogP contribution in [0.15, 0.2) is 55.0 Å². The summed E-state index contributed by atoms with van der Waals surface area (Å²) in [5.74, 6) is 0.0104. The van der Waals surface area contributed by atoms with Crippen LogP contribution in [0.3, 0.4) is 0 Å². The van der Waals surface area contributed by atoms with Crippen LogP contribution >= 0.6 is 0 Å². The Bertz CT molecular complexity index is 963. The standard InChI is InChI=1S/C19H18N6O2/c26-18(25-27)12-3-4-16-14(8-12)9-15(11-22-16)23-19-21-7-5-17(24-19)13-2-1-6-20-10-13/h1-8,10,15,22,27H,9,11H2,(H,25,26)(H,21,23,24). The maximum absolute atomic E-state index is 11.6. The Morgan fingerprint density at radius 2 is 2.15 bits per heavy atom. The molecule has 1 aromatic carbocycles. The van der Waals surface area contributed by atoms with Gasteiger partial charge in [-0.2, -0.15) is 0 Å². The molecule has 3 aromatic rings. The molecule has 2 aromatic heterocycles. The normalized spacial score (nSPS) is 15.4. The number of hydrogen-bond acceptors (Lipinski definition) is 7. The number of nitrogens with one attached hydrogen (secondary N) is 3. The van der Waals surface area contributed by atoms with E-state index in [2.05, 4.69) is 25.6 Å². The maximum Gasteiger partial charge on any atom is 0.274 e. The van der Waals surface area contributed by atoms with Gasteiger partial charge in [0.05, 0.1) is 11.7 Å². The van der Waals surface area contributed by atoms with E-state index in [0.717, 1.165) is 22.5 Å². The summed E-state index contributed by atoms with van der Waals surface area (Å²) < 4.78 is 0. The molecule has 4 N–H and O–H groups in total. The summed E-state index contributed by atoms with van der Waals surface area (Å²) in [7, 11) is 0. The largest absolute Gasteiger partial charge is 0.383 e. The monoisotopic (exact) mass is 362 g/mol. The first-order chi connectivity index (χ1) is 13.2. The molecule has 0 radical (unpaired) electrons. The van der Waals surface area contributed by atoms with E-state index < -0.39 is 5.91 Å². The number of hydrogen-bond donors (Lipinski definition) is 4. The fourth-order valence-electron chi connectivity index (χ4n) is 3.10. The van der Waals surface area contributed by atoms with Crippen molar-refractivity contribution in [3.8, 4) is 11.3 Å². The van der Waals surface area contributed by atoms with Crippen molar-refractivity contribution in [1.29, 1.82) is 0 Å². The van der Waals surface area contributed by atoms with Gasteiger partial charge in [-0.25, -0.2) is 15.4 Å². The Hall–Kier alpha value is -3.52. The van der Waals surface area contributed by atoms with Gasteiger partial charge in [0.2, 0.25) is 5.95 Å². The molecule has 0 spiro atoms. The summed E-state index contributed by atoms with van der Waals surface area (Å²) in [6.07, 6.45) is 5.90. The molecule has 1 atom stereocenters. The van der Waals surface area contributed by atoms with Crippen LogP contribution < -0.4 is 16.1 Å². The van der Waals surface area contributed by atoms with Crippen molar-refractivity contribution in [2.75, 3.05) is 17.2 Å². The van der Waals surface area contributed by atoms with Gasteiger partial charge in [-0.3, -0.25) is 15.0 Å². The molecule has 1 unspecified atom stereocenters. The second-order valence-electron chi connectivity index (χ2n) is 6.25. The number of nitrogens with zero attached hydrogens (tertiary/aromatic N) is 3. The summed E-state index contributed by atoms with van der Waals surface area (Å²) in [5, 5.41) is 15.5. The van der Waals surface area contributed by atoms with Gasteiger partial charge in [-0.05, 0) is 48.4 Å². The van der Waals surface area contributed by atoms with Crippen molar-refractivity contribution in [2.24, 2.45) is 0 Å². The van der Waals surface area contributed by atoms with Crippen molar-refractivity contribution >= 4 is 17.5 Å². The molecule has 27 heavy (non-hydrogen) atoms. The minimum atomic E-state index is -0.527. The third-order valence-electron chi connectivity index (χ3n) is 4.42. The van der Waals surface area contributed by atoms with Gasteiger partial charge < -0.3 is 10.6 Å². The first kappa shape index (κ1) is 16.9. The number of fused-ring (bicyclic) bond motifs is 1. The molecule has 136 valence electrons. The molecule has 0 aliphatic carbocycles. The highest BCUT2D eigenvalue weighted by molar-refractivity contribution is 5.94. The Kier molecular flexibility index (Phi) is 4.63. The van der Waals surface area contributed by atoms with Crippen LogP contribution in [0.25, 0.3) is 11.3 Å². The third kappa shape index (κ3) is 3.70. The molecule has 1 aliphatic heterocycles. The number of carbonyl (C=O) groups excluding carboxylic acids is 1. The summed E-state index contributed by atoms with van der Waals surface area (Å²) in [5.41, 5.74) is 5.76. The fourth-order valence-corrected chi connectivity index (χ4v) is 3.10.